The summed E-state index contributed by atoms with van der Waals surface area (Å²) in [6, 6.07) is 49.1. The van der Waals surface area contributed by atoms with Gasteiger partial charge in [-0.25, -0.2) is 0 Å². The Labute approximate surface area is 217 Å². The second-order valence-electron chi connectivity index (χ2n) is 7.28. The van der Waals surface area contributed by atoms with Crippen molar-refractivity contribution in [3.05, 3.63) is 171 Å². The zero-order valence-corrected chi connectivity index (χ0v) is 21.2. The average molecular weight is 504 g/mol. The van der Waals surface area contributed by atoms with Crippen molar-refractivity contribution < 1.29 is 26.2 Å². The summed E-state index contributed by atoms with van der Waals surface area (Å²) in [6.07, 6.45) is 0. The maximum absolute atomic E-state index is 3.72. The van der Waals surface area contributed by atoms with Crippen molar-refractivity contribution in [3.63, 3.8) is 0 Å². The molecule has 0 aromatic heterocycles. The van der Waals surface area contributed by atoms with E-state index < -0.39 is 0 Å². The van der Waals surface area contributed by atoms with Gasteiger partial charge in [0.1, 0.15) is 0 Å². The molecule has 0 amide bonds. The summed E-state index contributed by atoms with van der Waals surface area (Å²) in [5.41, 5.74) is 2.14. The molecule has 0 fully saturated rings. The van der Waals surface area contributed by atoms with Crippen molar-refractivity contribution in [1.29, 1.82) is 0 Å². The standard InChI is InChI=1S/2C9H7.2C7H7.Zr/c2*1-2-5-9-7-3-6-8(9)4-1;2*1-7-5-3-2-4-6-7;/h2*1-7H;2*2-6H,1H2;/q4*-1;+4. The first-order chi connectivity index (χ1) is 15.7. The van der Waals surface area contributed by atoms with Crippen LogP contribution in [0.3, 0.4) is 0 Å². The van der Waals surface area contributed by atoms with E-state index in [1.54, 1.807) is 0 Å². The first-order valence-corrected chi connectivity index (χ1v) is 10.7. The molecule has 1 heteroatoms. The van der Waals surface area contributed by atoms with Gasteiger partial charge < -0.3 is 0 Å². The molecule has 33 heavy (non-hydrogen) atoms. The third-order valence-corrected chi connectivity index (χ3v) is 4.78. The summed E-state index contributed by atoms with van der Waals surface area (Å²) < 4.78 is 0. The van der Waals surface area contributed by atoms with Gasteiger partial charge in [-0.1, -0.05) is 24.3 Å². The van der Waals surface area contributed by atoms with Gasteiger partial charge in [-0.15, -0.1) is 83.6 Å². The van der Waals surface area contributed by atoms with Crippen molar-refractivity contribution in [2.75, 3.05) is 0 Å². The Balaban J connectivity index is 0.000000155. The first kappa shape index (κ1) is 26.0. The molecule has 0 heterocycles. The molecule has 0 unspecified atom stereocenters. The average Bonchev–Trinajstić information content (AvgIpc) is 3.51. The van der Waals surface area contributed by atoms with E-state index in [4.69, 9.17) is 0 Å². The normalized spacial score (nSPS) is 9.21. The van der Waals surface area contributed by atoms with Gasteiger partial charge >= 0.3 is 26.2 Å². The van der Waals surface area contributed by atoms with Crippen LogP contribution in [0.2, 0.25) is 0 Å². The van der Waals surface area contributed by atoms with Gasteiger partial charge in [0.2, 0.25) is 0 Å². The third-order valence-electron chi connectivity index (χ3n) is 4.78. The molecule has 0 aliphatic carbocycles. The minimum atomic E-state index is 0. The topological polar surface area (TPSA) is 0 Å². The second-order valence-corrected chi connectivity index (χ2v) is 7.28. The van der Waals surface area contributed by atoms with E-state index in [-0.39, 0.29) is 26.2 Å². The number of hydrogen-bond donors (Lipinski definition) is 0. The Bertz CT molecular complexity index is 1110. The minimum Gasteiger partial charge on any atom is -0.199 e. The third kappa shape index (κ3) is 9.40. The van der Waals surface area contributed by atoms with Gasteiger partial charge in [0.05, 0.1) is 0 Å². The van der Waals surface area contributed by atoms with Crippen molar-refractivity contribution in [2.45, 2.75) is 0 Å². The predicted octanol–water partition coefficient (Wildman–Crippen LogP) is 8.85. The quantitative estimate of drug-likeness (QED) is 0.182. The molecular formula is C32H28Zr. The zero-order chi connectivity index (χ0) is 22.4. The van der Waals surface area contributed by atoms with E-state index in [9.17, 15) is 0 Å². The second kappa shape index (κ2) is 14.7. The van der Waals surface area contributed by atoms with Crippen LogP contribution in [-0.2, 0) is 26.2 Å². The van der Waals surface area contributed by atoms with Crippen LogP contribution in [0.5, 0.6) is 0 Å². The van der Waals surface area contributed by atoms with Crippen LogP contribution in [0.1, 0.15) is 11.1 Å². The zero-order valence-electron chi connectivity index (χ0n) is 18.8. The van der Waals surface area contributed by atoms with Crippen molar-refractivity contribution in [1.82, 2.24) is 0 Å². The Morgan fingerprint density at radius 3 is 1.03 bits per heavy atom. The van der Waals surface area contributed by atoms with Gasteiger partial charge in [0.15, 0.2) is 0 Å². The largest absolute Gasteiger partial charge is 4.00 e. The fourth-order valence-corrected chi connectivity index (χ4v) is 3.10. The number of benzene rings is 4. The molecule has 0 radical (unpaired) electrons. The van der Waals surface area contributed by atoms with Gasteiger partial charge in [0.25, 0.3) is 0 Å². The molecule has 0 saturated heterocycles. The van der Waals surface area contributed by atoms with Gasteiger partial charge in [-0.2, -0.15) is 84.3 Å². The number of fused-ring (bicyclic) bond motifs is 2. The van der Waals surface area contributed by atoms with Crippen molar-refractivity contribution >= 4 is 21.5 Å². The van der Waals surface area contributed by atoms with E-state index in [1.807, 2.05) is 60.7 Å². The molecule has 0 N–H and O–H groups in total. The van der Waals surface area contributed by atoms with Gasteiger partial charge in [0, 0.05) is 0 Å². The first-order valence-electron chi connectivity index (χ1n) is 10.7. The molecule has 0 saturated carbocycles. The summed E-state index contributed by atoms with van der Waals surface area (Å²) in [6.45, 7) is 7.44. The summed E-state index contributed by atoms with van der Waals surface area (Å²) >= 11 is 0. The van der Waals surface area contributed by atoms with Crippen LogP contribution in [0.15, 0.2) is 146 Å². The Morgan fingerprint density at radius 2 is 0.727 bits per heavy atom. The van der Waals surface area contributed by atoms with Crippen molar-refractivity contribution in [2.24, 2.45) is 0 Å². The van der Waals surface area contributed by atoms with Crippen LogP contribution in [-0.4, -0.2) is 0 Å². The molecule has 6 rings (SSSR count). The molecule has 160 valence electrons. The fraction of sp³-hybridized carbons (Fsp3) is 0. The molecular weight excluding hydrogens is 476 g/mol. The Morgan fingerprint density at radius 1 is 0.394 bits per heavy atom. The number of hydrogen-bond acceptors (Lipinski definition) is 0. The van der Waals surface area contributed by atoms with Crippen LogP contribution < -0.4 is 0 Å². The van der Waals surface area contributed by atoms with Crippen LogP contribution >= 0.6 is 0 Å². The number of rotatable bonds is 0. The van der Waals surface area contributed by atoms with E-state index in [0.29, 0.717) is 0 Å². The fourth-order valence-electron chi connectivity index (χ4n) is 3.10. The molecule has 0 aliphatic rings. The van der Waals surface area contributed by atoms with Crippen LogP contribution in [0.25, 0.3) is 21.5 Å². The Hall–Kier alpha value is -3.28. The van der Waals surface area contributed by atoms with Crippen LogP contribution in [0.4, 0.5) is 0 Å². The minimum absolute atomic E-state index is 0. The van der Waals surface area contributed by atoms with E-state index in [2.05, 4.69) is 98.8 Å². The smallest absolute Gasteiger partial charge is 0.199 e. The molecule has 0 bridgehead atoms. The van der Waals surface area contributed by atoms with Crippen LogP contribution in [0, 0.1) is 13.8 Å². The predicted molar refractivity (Wildman–Crippen MR) is 141 cm³/mol. The Kier molecular flexibility index (Phi) is 11.6. The molecule has 0 atom stereocenters. The monoisotopic (exact) mass is 502 g/mol. The molecule has 0 nitrogen and oxygen atoms in total. The summed E-state index contributed by atoms with van der Waals surface area (Å²) in [5.74, 6) is 0. The molecule has 0 spiro atoms. The van der Waals surface area contributed by atoms with E-state index >= 15 is 0 Å². The molecule has 0 aliphatic heterocycles. The SMILES string of the molecule is [CH2-]c1ccccc1.[CH2-]c1ccccc1.[Zr+4].c1ccc2[cH-]ccc2c1.c1ccc2[cH-]ccc2c1. The maximum Gasteiger partial charge on any atom is 4.00 e. The van der Waals surface area contributed by atoms with Gasteiger partial charge in [-0.3, -0.25) is 0 Å². The summed E-state index contributed by atoms with van der Waals surface area (Å²) in [4.78, 5) is 0. The van der Waals surface area contributed by atoms with Gasteiger partial charge in [-0.05, 0) is 0 Å². The van der Waals surface area contributed by atoms with E-state index in [0.717, 1.165) is 11.1 Å². The molecule has 6 aromatic carbocycles. The maximum atomic E-state index is 3.72. The van der Waals surface area contributed by atoms with E-state index in [1.165, 1.54) is 21.5 Å². The van der Waals surface area contributed by atoms with Crippen molar-refractivity contribution in [3.8, 4) is 0 Å². The summed E-state index contributed by atoms with van der Waals surface area (Å²) in [7, 11) is 0. The summed E-state index contributed by atoms with van der Waals surface area (Å²) in [5, 5.41) is 5.32. The molecule has 6 aromatic rings.